The standard InChI is InChI=1S/C19H18F7N3O3S/c1-29-14(10-15(28-29)19(24,25)26)16(30)27-12-5-7-17(20,8-6-12)33(31,32)13-4-2-3-11(9-13)18(21,22)23/h2-4,9-10,12H,5-8H2,1H3,(H,27,30)/t12-,17-. The minimum atomic E-state index is -4.81. The Labute approximate surface area is 183 Å². The van der Waals surface area contributed by atoms with Gasteiger partial charge in [0, 0.05) is 19.2 Å². The molecule has 0 saturated heterocycles. The molecule has 1 aromatic heterocycles. The molecule has 1 aromatic carbocycles. The van der Waals surface area contributed by atoms with E-state index in [1.165, 1.54) is 0 Å². The highest BCUT2D eigenvalue weighted by atomic mass is 32.2. The van der Waals surface area contributed by atoms with Crippen LogP contribution in [0.5, 0.6) is 0 Å². The molecule has 0 aliphatic heterocycles. The quantitative estimate of drug-likeness (QED) is 0.635. The predicted octanol–water partition coefficient (Wildman–Crippen LogP) is 4.27. The van der Waals surface area contributed by atoms with Gasteiger partial charge in [-0.15, -0.1) is 0 Å². The van der Waals surface area contributed by atoms with Gasteiger partial charge in [0.2, 0.25) is 14.8 Å². The maximum atomic E-state index is 15.4. The van der Waals surface area contributed by atoms with Crippen LogP contribution in [0.15, 0.2) is 35.2 Å². The third-order valence-electron chi connectivity index (χ3n) is 5.42. The fourth-order valence-electron chi connectivity index (χ4n) is 3.59. The molecule has 33 heavy (non-hydrogen) atoms. The molecule has 6 nitrogen and oxygen atoms in total. The molecule has 1 N–H and O–H groups in total. The van der Waals surface area contributed by atoms with Crippen LogP contribution >= 0.6 is 0 Å². The molecule has 3 rings (SSSR count). The Morgan fingerprint density at radius 3 is 2.21 bits per heavy atom. The summed E-state index contributed by atoms with van der Waals surface area (Å²) in [4.78, 5) is 11.5. The molecular formula is C19H18F7N3O3S. The molecule has 0 bridgehead atoms. The van der Waals surface area contributed by atoms with Gasteiger partial charge in [0.15, 0.2) is 5.69 Å². The van der Waals surface area contributed by atoms with Crippen LogP contribution in [0.2, 0.25) is 0 Å². The zero-order chi connectivity index (χ0) is 24.8. The Hall–Kier alpha value is -2.64. The first-order valence-electron chi connectivity index (χ1n) is 9.57. The molecule has 1 aliphatic rings. The predicted molar refractivity (Wildman–Crippen MR) is 100 cm³/mol. The van der Waals surface area contributed by atoms with E-state index in [0.29, 0.717) is 18.2 Å². The first-order valence-corrected chi connectivity index (χ1v) is 11.1. The fraction of sp³-hybridized carbons (Fsp3) is 0.474. The van der Waals surface area contributed by atoms with Gasteiger partial charge in [-0.25, -0.2) is 12.8 Å². The summed E-state index contributed by atoms with van der Waals surface area (Å²) >= 11 is 0. The summed E-state index contributed by atoms with van der Waals surface area (Å²) in [6.07, 6.45) is -11.2. The number of nitrogens with zero attached hydrogens (tertiary/aromatic N) is 2. The van der Waals surface area contributed by atoms with Gasteiger partial charge in [-0.3, -0.25) is 9.48 Å². The van der Waals surface area contributed by atoms with Gasteiger partial charge in [-0.2, -0.15) is 31.4 Å². The summed E-state index contributed by atoms with van der Waals surface area (Å²) in [6, 6.07) is 2.58. The number of nitrogens with one attached hydrogen (secondary N) is 1. The van der Waals surface area contributed by atoms with Gasteiger partial charge in [-0.1, -0.05) is 6.07 Å². The van der Waals surface area contributed by atoms with Crippen molar-refractivity contribution in [2.75, 3.05) is 0 Å². The lowest BCUT2D eigenvalue weighted by atomic mass is 9.93. The number of benzene rings is 1. The molecule has 1 heterocycles. The largest absolute Gasteiger partial charge is 0.435 e. The van der Waals surface area contributed by atoms with E-state index < -0.39 is 73.8 Å². The van der Waals surface area contributed by atoms with Gasteiger partial charge < -0.3 is 5.32 Å². The van der Waals surface area contributed by atoms with E-state index in [-0.39, 0.29) is 12.8 Å². The molecule has 0 spiro atoms. The van der Waals surface area contributed by atoms with Crippen LogP contribution in [0, 0.1) is 0 Å². The van der Waals surface area contributed by atoms with Gasteiger partial charge >= 0.3 is 12.4 Å². The number of rotatable bonds is 4. The zero-order valence-electron chi connectivity index (χ0n) is 17.0. The monoisotopic (exact) mass is 501 g/mol. The van der Waals surface area contributed by atoms with Gasteiger partial charge in [0.1, 0.15) is 5.69 Å². The number of carbonyl (C=O) groups excluding carboxylic acids is 1. The molecule has 0 atom stereocenters. The smallest absolute Gasteiger partial charge is 0.348 e. The van der Waals surface area contributed by atoms with E-state index in [4.69, 9.17) is 0 Å². The molecule has 1 fully saturated rings. The third-order valence-corrected chi connectivity index (χ3v) is 7.67. The van der Waals surface area contributed by atoms with Crippen molar-refractivity contribution in [3.05, 3.63) is 47.3 Å². The molecule has 2 aromatic rings. The van der Waals surface area contributed by atoms with Crippen molar-refractivity contribution in [1.29, 1.82) is 0 Å². The van der Waals surface area contributed by atoms with Crippen LogP contribution in [-0.2, 0) is 29.2 Å². The van der Waals surface area contributed by atoms with Gasteiger partial charge in [0.05, 0.1) is 10.5 Å². The second-order valence-electron chi connectivity index (χ2n) is 7.70. The number of aryl methyl sites for hydroxylation is 1. The molecule has 0 radical (unpaired) electrons. The Morgan fingerprint density at radius 1 is 1.09 bits per heavy atom. The molecule has 14 heteroatoms. The van der Waals surface area contributed by atoms with Crippen molar-refractivity contribution in [2.45, 2.75) is 54.0 Å². The van der Waals surface area contributed by atoms with Crippen LogP contribution in [0.25, 0.3) is 0 Å². The number of alkyl halides is 7. The highest BCUT2D eigenvalue weighted by Gasteiger charge is 2.48. The first kappa shape index (κ1) is 25.0. The number of hydrogen-bond acceptors (Lipinski definition) is 4. The lowest BCUT2D eigenvalue weighted by Gasteiger charge is -2.33. The van der Waals surface area contributed by atoms with E-state index in [0.717, 1.165) is 23.9 Å². The lowest BCUT2D eigenvalue weighted by Crippen LogP contribution is -2.45. The maximum absolute atomic E-state index is 15.4. The van der Waals surface area contributed by atoms with Crippen molar-refractivity contribution in [3.63, 3.8) is 0 Å². The second-order valence-corrected chi connectivity index (χ2v) is 9.91. The SMILES string of the molecule is Cn1nc(C(F)(F)F)cc1C(=O)N[C@H]1CC[C@](F)(S(=O)(=O)c2cccc(C(F)(F)F)c2)CC1. The minimum Gasteiger partial charge on any atom is -0.348 e. The van der Waals surface area contributed by atoms with E-state index in [1.54, 1.807) is 0 Å². The molecule has 1 aliphatic carbocycles. The van der Waals surface area contributed by atoms with E-state index in [1.807, 2.05) is 0 Å². The van der Waals surface area contributed by atoms with Crippen molar-refractivity contribution in [1.82, 2.24) is 15.1 Å². The molecule has 0 unspecified atom stereocenters. The molecule has 1 saturated carbocycles. The summed E-state index contributed by atoms with van der Waals surface area (Å²) in [5, 5.41) is 2.79. The van der Waals surface area contributed by atoms with Crippen LogP contribution in [0.3, 0.4) is 0 Å². The maximum Gasteiger partial charge on any atom is 0.435 e. The van der Waals surface area contributed by atoms with Crippen LogP contribution in [-0.4, -0.2) is 35.1 Å². The van der Waals surface area contributed by atoms with Crippen LogP contribution in [0.4, 0.5) is 30.7 Å². The topological polar surface area (TPSA) is 81.1 Å². The number of carbonyl (C=O) groups is 1. The minimum absolute atomic E-state index is 0.190. The van der Waals surface area contributed by atoms with Gasteiger partial charge in [0.25, 0.3) is 5.91 Å². The Bertz CT molecular complexity index is 1150. The lowest BCUT2D eigenvalue weighted by molar-refractivity contribution is -0.141. The van der Waals surface area contributed by atoms with Crippen molar-refractivity contribution >= 4 is 15.7 Å². The van der Waals surface area contributed by atoms with Crippen LogP contribution in [0.1, 0.15) is 47.4 Å². The Morgan fingerprint density at radius 2 is 1.70 bits per heavy atom. The average molecular weight is 501 g/mol. The normalized spacial score (nSPS) is 22.2. The van der Waals surface area contributed by atoms with E-state index in [2.05, 4.69) is 10.4 Å². The summed E-state index contributed by atoms with van der Waals surface area (Å²) in [7, 11) is -3.65. The average Bonchev–Trinajstić information content (AvgIpc) is 3.11. The number of sulfone groups is 1. The molecule has 182 valence electrons. The number of aromatic nitrogens is 2. The van der Waals surface area contributed by atoms with Crippen molar-refractivity contribution in [3.8, 4) is 0 Å². The van der Waals surface area contributed by atoms with Gasteiger partial charge in [-0.05, 0) is 43.9 Å². The van der Waals surface area contributed by atoms with Crippen molar-refractivity contribution < 1.29 is 43.9 Å². The zero-order valence-corrected chi connectivity index (χ0v) is 17.8. The highest BCUT2D eigenvalue weighted by molar-refractivity contribution is 7.92. The first-order chi connectivity index (χ1) is 15.0. The summed E-state index contributed by atoms with van der Waals surface area (Å²) in [5.74, 6) is -0.905. The number of halogens is 7. The summed E-state index contributed by atoms with van der Waals surface area (Å²) in [6.45, 7) is 0. The van der Waals surface area contributed by atoms with Crippen LogP contribution < -0.4 is 5.32 Å². The van der Waals surface area contributed by atoms with E-state index in [9.17, 15) is 39.6 Å². The number of amides is 1. The molecule has 1 amide bonds. The number of hydrogen-bond donors (Lipinski definition) is 1. The molecular weight excluding hydrogens is 483 g/mol. The Balaban J connectivity index is 1.71. The van der Waals surface area contributed by atoms with Crippen molar-refractivity contribution in [2.24, 2.45) is 7.05 Å². The third kappa shape index (κ3) is 4.99. The highest BCUT2D eigenvalue weighted by Crippen LogP contribution is 2.41. The second kappa shape index (κ2) is 8.29. The fourth-order valence-corrected chi connectivity index (χ4v) is 5.33. The Kier molecular flexibility index (Phi) is 6.28. The summed E-state index contributed by atoms with van der Waals surface area (Å²) < 4.78 is 119. The van der Waals surface area contributed by atoms with E-state index >= 15 is 4.39 Å². The summed E-state index contributed by atoms with van der Waals surface area (Å²) in [5.41, 5.74) is -2.90.